The number of nitrogens with one attached hydrogen (secondary N) is 1. The molecule has 0 aromatic rings. The Balaban J connectivity index is 2.56. The molecule has 1 aliphatic carbocycles. The van der Waals surface area contributed by atoms with Gasteiger partial charge < -0.3 is 10.4 Å². The number of aliphatic carboxylic acids is 1. The molecule has 1 rings (SSSR count). The smallest absolute Gasteiger partial charge is 0.321 e. The van der Waals surface area contributed by atoms with Crippen molar-refractivity contribution in [2.24, 2.45) is 0 Å². The summed E-state index contributed by atoms with van der Waals surface area (Å²) in [6.07, 6.45) is 5.73. The maximum Gasteiger partial charge on any atom is 0.321 e. The number of carbonyl (C=O) groups is 2. The van der Waals surface area contributed by atoms with E-state index in [1.165, 1.54) is 6.08 Å². The van der Waals surface area contributed by atoms with E-state index in [4.69, 9.17) is 5.11 Å². The van der Waals surface area contributed by atoms with E-state index in [0.717, 1.165) is 5.57 Å². The molecular weight excluding hydrogens is 182 g/mol. The highest BCUT2D eigenvalue weighted by molar-refractivity contribution is 5.92. The molecule has 0 unspecified atom stereocenters. The summed E-state index contributed by atoms with van der Waals surface area (Å²) in [5.74, 6) is -0.816. The Labute approximate surface area is 82.3 Å². The quantitative estimate of drug-likeness (QED) is 0.685. The summed E-state index contributed by atoms with van der Waals surface area (Å²) in [6.45, 7) is 0. The lowest BCUT2D eigenvalue weighted by molar-refractivity contribution is -0.139. The van der Waals surface area contributed by atoms with Crippen LogP contribution >= 0.6 is 0 Å². The van der Waals surface area contributed by atoms with Gasteiger partial charge in [-0.25, -0.2) is 0 Å². The minimum absolute atomic E-state index is 0.0603. The summed E-state index contributed by atoms with van der Waals surface area (Å²) in [5, 5.41) is 11.5. The van der Waals surface area contributed by atoms with Crippen LogP contribution in [0.4, 0.5) is 0 Å². The van der Waals surface area contributed by atoms with E-state index in [2.05, 4.69) is 5.32 Å². The number of allylic oxidation sites excluding steroid dienone is 3. The van der Waals surface area contributed by atoms with Crippen LogP contribution in [0.5, 0.6) is 0 Å². The lowest BCUT2D eigenvalue weighted by Crippen LogP contribution is -2.34. The molecule has 4 nitrogen and oxygen atoms in total. The van der Waals surface area contributed by atoms with Crippen molar-refractivity contribution in [2.45, 2.75) is 18.9 Å². The fourth-order valence-corrected chi connectivity index (χ4v) is 1.27. The van der Waals surface area contributed by atoms with E-state index >= 15 is 0 Å². The van der Waals surface area contributed by atoms with E-state index in [9.17, 15) is 9.59 Å². The maximum atomic E-state index is 10.8. The average molecular weight is 195 g/mol. The van der Waals surface area contributed by atoms with Crippen LogP contribution in [0.3, 0.4) is 0 Å². The van der Waals surface area contributed by atoms with E-state index in [-0.39, 0.29) is 5.78 Å². The summed E-state index contributed by atoms with van der Waals surface area (Å²) < 4.78 is 0. The van der Waals surface area contributed by atoms with Gasteiger partial charge in [0.15, 0.2) is 5.78 Å². The Morgan fingerprint density at radius 3 is 2.79 bits per heavy atom. The molecule has 0 aromatic heterocycles. The molecule has 0 aromatic carbocycles. The molecule has 0 spiro atoms. The molecule has 0 saturated carbocycles. The second-order valence-corrected chi connectivity index (χ2v) is 3.17. The summed E-state index contributed by atoms with van der Waals surface area (Å²) >= 11 is 0. The van der Waals surface area contributed by atoms with Crippen LogP contribution in [0.25, 0.3) is 0 Å². The van der Waals surface area contributed by atoms with E-state index in [0.29, 0.717) is 12.8 Å². The molecule has 1 aliphatic rings. The molecule has 0 radical (unpaired) electrons. The summed E-state index contributed by atoms with van der Waals surface area (Å²) in [4.78, 5) is 21.5. The second-order valence-electron chi connectivity index (χ2n) is 3.17. The molecule has 0 bridgehead atoms. The van der Waals surface area contributed by atoms with Crippen molar-refractivity contribution in [3.63, 3.8) is 0 Å². The molecule has 0 aliphatic heterocycles. The van der Waals surface area contributed by atoms with Gasteiger partial charge in [-0.2, -0.15) is 0 Å². The summed E-state index contributed by atoms with van der Waals surface area (Å²) in [6, 6.07) is -0.584. The lowest BCUT2D eigenvalue weighted by atomic mass is 10.00. The molecular formula is C10H13NO3. The summed E-state index contributed by atoms with van der Waals surface area (Å²) in [7, 11) is 1.61. The fraction of sp³-hybridized carbons (Fsp3) is 0.400. The van der Waals surface area contributed by atoms with E-state index in [1.807, 2.05) is 0 Å². The lowest BCUT2D eigenvalue weighted by Gasteiger charge is -2.13. The number of carboxylic acids is 1. The first-order valence-corrected chi connectivity index (χ1v) is 4.43. The zero-order valence-corrected chi connectivity index (χ0v) is 7.99. The van der Waals surface area contributed by atoms with Gasteiger partial charge in [0.25, 0.3) is 0 Å². The highest BCUT2D eigenvalue weighted by atomic mass is 16.4. The van der Waals surface area contributed by atoms with Gasteiger partial charge in [-0.3, -0.25) is 9.59 Å². The number of hydrogen-bond donors (Lipinski definition) is 2. The van der Waals surface area contributed by atoms with Crippen LogP contribution in [-0.4, -0.2) is 29.9 Å². The van der Waals surface area contributed by atoms with Crippen LogP contribution in [0.15, 0.2) is 23.8 Å². The first-order chi connectivity index (χ1) is 6.63. The maximum absolute atomic E-state index is 10.8. The monoisotopic (exact) mass is 195 g/mol. The van der Waals surface area contributed by atoms with Gasteiger partial charge in [0.05, 0.1) is 0 Å². The van der Waals surface area contributed by atoms with Gasteiger partial charge in [0.1, 0.15) is 6.04 Å². The number of carboxylic acid groups (broad SMARTS) is 1. The fourth-order valence-electron chi connectivity index (χ4n) is 1.27. The van der Waals surface area contributed by atoms with Crippen molar-refractivity contribution in [2.75, 3.05) is 7.05 Å². The highest BCUT2D eigenvalue weighted by Gasteiger charge is 2.16. The number of hydrogen-bond acceptors (Lipinski definition) is 3. The number of carbonyl (C=O) groups excluding carboxylic acids is 1. The zero-order chi connectivity index (χ0) is 10.6. The van der Waals surface area contributed by atoms with Gasteiger partial charge in [-0.15, -0.1) is 0 Å². The van der Waals surface area contributed by atoms with Crippen molar-refractivity contribution in [1.29, 1.82) is 0 Å². The molecule has 0 heterocycles. The third-order valence-electron chi connectivity index (χ3n) is 2.14. The van der Waals surface area contributed by atoms with Crippen LogP contribution < -0.4 is 5.32 Å². The zero-order valence-electron chi connectivity index (χ0n) is 7.99. The Morgan fingerprint density at radius 1 is 1.64 bits per heavy atom. The Bertz CT molecular complexity index is 304. The Kier molecular flexibility index (Phi) is 3.59. The normalized spacial score (nSPS) is 17.8. The molecule has 76 valence electrons. The van der Waals surface area contributed by atoms with E-state index in [1.54, 1.807) is 19.2 Å². The average Bonchev–Trinajstić information content (AvgIpc) is 2.16. The molecule has 14 heavy (non-hydrogen) atoms. The first-order valence-electron chi connectivity index (χ1n) is 4.43. The SMILES string of the molecule is CN[C@@H](CC1=CCC(=O)C=C1)C(=O)O. The van der Waals surface area contributed by atoms with Crippen LogP contribution in [0.1, 0.15) is 12.8 Å². The van der Waals surface area contributed by atoms with Gasteiger partial charge in [0.2, 0.25) is 0 Å². The minimum Gasteiger partial charge on any atom is -0.480 e. The standard InChI is InChI=1S/C10H13NO3/c1-11-9(10(13)14)6-7-2-4-8(12)5-3-7/h2-4,9,11H,5-6H2,1H3,(H,13,14)/t9-/m0/s1. The molecule has 0 fully saturated rings. The highest BCUT2D eigenvalue weighted by Crippen LogP contribution is 2.13. The van der Waals surface area contributed by atoms with Crippen molar-refractivity contribution in [3.8, 4) is 0 Å². The van der Waals surface area contributed by atoms with Gasteiger partial charge >= 0.3 is 5.97 Å². The van der Waals surface area contributed by atoms with Crippen LogP contribution in [-0.2, 0) is 9.59 Å². The van der Waals surface area contributed by atoms with Gasteiger partial charge in [-0.05, 0) is 25.1 Å². The third kappa shape index (κ3) is 2.81. The minimum atomic E-state index is -0.876. The molecule has 0 saturated heterocycles. The summed E-state index contributed by atoms with van der Waals surface area (Å²) in [5.41, 5.74) is 0.895. The van der Waals surface area contributed by atoms with Gasteiger partial charge in [0, 0.05) is 6.42 Å². The predicted molar refractivity (Wildman–Crippen MR) is 51.9 cm³/mol. The van der Waals surface area contributed by atoms with Crippen LogP contribution in [0, 0.1) is 0 Å². The van der Waals surface area contributed by atoms with Crippen molar-refractivity contribution in [3.05, 3.63) is 23.8 Å². The number of ketones is 1. The van der Waals surface area contributed by atoms with E-state index < -0.39 is 12.0 Å². The molecule has 4 heteroatoms. The number of likely N-dealkylation sites (N-methyl/N-ethyl adjacent to an activating group) is 1. The van der Waals surface area contributed by atoms with Crippen LogP contribution in [0.2, 0.25) is 0 Å². The Morgan fingerprint density at radius 2 is 2.36 bits per heavy atom. The van der Waals surface area contributed by atoms with Crippen molar-refractivity contribution >= 4 is 11.8 Å². The van der Waals surface area contributed by atoms with Crippen molar-refractivity contribution < 1.29 is 14.7 Å². The van der Waals surface area contributed by atoms with Crippen molar-refractivity contribution in [1.82, 2.24) is 5.32 Å². The molecule has 1 atom stereocenters. The first kappa shape index (κ1) is 10.7. The largest absolute Gasteiger partial charge is 0.480 e. The number of rotatable bonds is 4. The topological polar surface area (TPSA) is 66.4 Å². The van der Waals surface area contributed by atoms with Gasteiger partial charge in [-0.1, -0.05) is 12.2 Å². The predicted octanol–water partition coefficient (Wildman–Crippen LogP) is 0.504. The molecule has 0 amide bonds. The molecule has 2 N–H and O–H groups in total. The second kappa shape index (κ2) is 4.72. The third-order valence-corrected chi connectivity index (χ3v) is 2.14. The Hall–Kier alpha value is -1.42.